The Morgan fingerprint density at radius 3 is 2.58 bits per heavy atom. The highest BCUT2D eigenvalue weighted by molar-refractivity contribution is 5.78. The molecule has 1 spiro atoms. The first kappa shape index (κ1) is 17.2. The van der Waals surface area contributed by atoms with Gasteiger partial charge in [0.15, 0.2) is 0 Å². The number of rotatable bonds is 4. The number of fused-ring (bicyclic) bond motifs is 4. The van der Waals surface area contributed by atoms with Gasteiger partial charge >= 0.3 is 0 Å². The summed E-state index contributed by atoms with van der Waals surface area (Å²) in [5.74, 6) is 0.247. The zero-order chi connectivity index (χ0) is 18.1. The fourth-order valence-corrected chi connectivity index (χ4v) is 4.43. The second-order valence-electron chi connectivity index (χ2n) is 7.33. The Kier molecular flexibility index (Phi) is 4.49. The zero-order valence-corrected chi connectivity index (χ0v) is 15.7. The number of nitrogens with one attached hydrogen (secondary N) is 1. The fourth-order valence-electron chi connectivity index (χ4n) is 4.43. The van der Waals surface area contributed by atoms with Gasteiger partial charge in [0.1, 0.15) is 0 Å². The normalized spacial score (nSPS) is 18.1. The molecule has 0 saturated carbocycles. The van der Waals surface area contributed by atoms with E-state index < -0.39 is 0 Å². The smallest absolute Gasteiger partial charge is 0.236 e. The van der Waals surface area contributed by atoms with E-state index in [2.05, 4.69) is 57.4 Å². The molecule has 138 valence electrons. The topological polar surface area (TPSA) is 40.5 Å². The van der Waals surface area contributed by atoms with E-state index in [-0.39, 0.29) is 11.4 Å². The Balaban J connectivity index is 1.50. The average Bonchev–Trinajstić information content (AvgIpc) is 3.16. The number of carbonyl (C=O) groups excluding carboxylic acids is 1. The maximum atomic E-state index is 12.4. The first-order valence-electron chi connectivity index (χ1n) is 9.72. The number of hydrogen-bond donors (Lipinski definition) is 1. The second kappa shape index (κ2) is 6.80. The highest BCUT2D eigenvalue weighted by Gasteiger charge is 2.41. The number of nitrogens with zero attached hydrogens (tertiary/aromatic N) is 3. The molecule has 2 aromatic rings. The van der Waals surface area contributed by atoms with Gasteiger partial charge in [-0.15, -0.1) is 0 Å². The highest BCUT2D eigenvalue weighted by Crippen LogP contribution is 2.43. The Labute approximate surface area is 155 Å². The quantitative estimate of drug-likeness (QED) is 0.919. The van der Waals surface area contributed by atoms with Crippen LogP contribution in [-0.2, 0) is 10.3 Å². The predicted molar refractivity (Wildman–Crippen MR) is 105 cm³/mol. The molecular weight excluding hydrogens is 324 g/mol. The van der Waals surface area contributed by atoms with Crippen LogP contribution in [0, 0.1) is 0 Å². The molecule has 0 atom stereocenters. The monoisotopic (exact) mass is 352 g/mol. The van der Waals surface area contributed by atoms with Crippen LogP contribution in [0.5, 0.6) is 0 Å². The van der Waals surface area contributed by atoms with Crippen LogP contribution in [0.4, 0.5) is 5.69 Å². The van der Waals surface area contributed by atoms with Crippen molar-refractivity contribution in [3.63, 3.8) is 0 Å². The van der Waals surface area contributed by atoms with Gasteiger partial charge in [-0.2, -0.15) is 0 Å². The number of aromatic nitrogens is 1. The summed E-state index contributed by atoms with van der Waals surface area (Å²) in [5, 5.41) is 3.83. The number of amides is 1. The standard InChI is InChI=1S/C21H28N4O/c1-3-24(4-2)20(26)16-23-14-11-21(12-15-23)19-10-7-13-25(19)18-9-6-5-8-17(18)22-21/h5-10,13,22H,3-4,11-12,14-16H2,1-2H3. The molecule has 1 amide bonds. The van der Waals surface area contributed by atoms with Crippen LogP contribution in [-0.4, -0.2) is 53.0 Å². The summed E-state index contributed by atoms with van der Waals surface area (Å²) >= 11 is 0. The summed E-state index contributed by atoms with van der Waals surface area (Å²) in [6, 6.07) is 12.9. The lowest BCUT2D eigenvalue weighted by atomic mass is 9.82. The minimum Gasteiger partial charge on any atom is -0.372 e. The van der Waals surface area contributed by atoms with E-state index in [9.17, 15) is 4.79 Å². The van der Waals surface area contributed by atoms with Gasteiger partial charge in [0.25, 0.3) is 0 Å². The van der Waals surface area contributed by atoms with Crippen LogP contribution in [0.15, 0.2) is 42.6 Å². The summed E-state index contributed by atoms with van der Waals surface area (Å²) in [7, 11) is 0. The third kappa shape index (κ3) is 2.80. The van der Waals surface area contributed by atoms with E-state index >= 15 is 0 Å². The molecule has 4 rings (SSSR count). The molecule has 5 heteroatoms. The van der Waals surface area contributed by atoms with E-state index in [1.807, 2.05) is 18.7 Å². The van der Waals surface area contributed by atoms with Crippen LogP contribution in [0.3, 0.4) is 0 Å². The summed E-state index contributed by atoms with van der Waals surface area (Å²) < 4.78 is 2.32. The Bertz CT molecular complexity index is 785. The van der Waals surface area contributed by atoms with Gasteiger partial charge in [0, 0.05) is 38.1 Å². The lowest BCUT2D eigenvalue weighted by molar-refractivity contribution is -0.132. The van der Waals surface area contributed by atoms with E-state index in [0.29, 0.717) is 6.54 Å². The molecule has 0 radical (unpaired) electrons. The summed E-state index contributed by atoms with van der Waals surface area (Å²) in [6.07, 6.45) is 4.18. The van der Waals surface area contributed by atoms with E-state index in [1.54, 1.807) is 0 Å². The van der Waals surface area contributed by atoms with Crippen molar-refractivity contribution in [2.75, 3.05) is 38.0 Å². The maximum absolute atomic E-state index is 12.4. The van der Waals surface area contributed by atoms with Crippen molar-refractivity contribution in [2.45, 2.75) is 32.2 Å². The Hall–Kier alpha value is -2.27. The summed E-state index contributed by atoms with van der Waals surface area (Å²) in [5.41, 5.74) is 3.72. The largest absolute Gasteiger partial charge is 0.372 e. The molecule has 0 aliphatic carbocycles. The number of likely N-dealkylation sites (tertiary alicyclic amines) is 1. The van der Waals surface area contributed by atoms with Crippen LogP contribution in [0.1, 0.15) is 32.4 Å². The van der Waals surface area contributed by atoms with Gasteiger partial charge in [-0.3, -0.25) is 9.69 Å². The molecule has 0 unspecified atom stereocenters. The molecule has 3 heterocycles. The number of piperidine rings is 1. The molecule has 1 saturated heterocycles. The zero-order valence-electron chi connectivity index (χ0n) is 15.7. The minimum atomic E-state index is -0.0351. The predicted octanol–water partition coefficient (Wildman–Crippen LogP) is 3.06. The molecule has 2 aliphatic heterocycles. The SMILES string of the molecule is CCN(CC)C(=O)CN1CCC2(CC1)Nc1ccccc1-n1cccc12. The van der Waals surface area contributed by atoms with Crippen LogP contribution in [0.2, 0.25) is 0 Å². The number of likely N-dealkylation sites (N-methyl/N-ethyl adjacent to an activating group) is 1. The molecule has 0 bridgehead atoms. The Morgan fingerprint density at radius 2 is 1.85 bits per heavy atom. The van der Waals surface area contributed by atoms with Crippen LogP contribution in [0.25, 0.3) is 5.69 Å². The van der Waals surface area contributed by atoms with Crippen molar-refractivity contribution >= 4 is 11.6 Å². The first-order valence-corrected chi connectivity index (χ1v) is 9.72. The van der Waals surface area contributed by atoms with Crippen molar-refractivity contribution in [3.8, 4) is 5.69 Å². The molecule has 1 N–H and O–H groups in total. The van der Waals surface area contributed by atoms with Crippen molar-refractivity contribution in [3.05, 3.63) is 48.3 Å². The van der Waals surface area contributed by atoms with Gasteiger partial charge < -0.3 is 14.8 Å². The average molecular weight is 352 g/mol. The fraction of sp³-hybridized carbons (Fsp3) is 0.476. The van der Waals surface area contributed by atoms with Crippen LogP contribution >= 0.6 is 0 Å². The third-order valence-electron chi connectivity index (χ3n) is 5.96. The molecule has 1 fully saturated rings. The number of hydrogen-bond acceptors (Lipinski definition) is 3. The minimum absolute atomic E-state index is 0.0351. The van der Waals surface area contributed by atoms with Gasteiger partial charge in [-0.05, 0) is 51.0 Å². The lowest BCUT2D eigenvalue weighted by Crippen LogP contribution is -2.51. The number of benzene rings is 1. The van der Waals surface area contributed by atoms with Crippen molar-refractivity contribution in [2.24, 2.45) is 0 Å². The molecule has 2 aliphatic rings. The Morgan fingerprint density at radius 1 is 1.12 bits per heavy atom. The molecule has 1 aromatic carbocycles. The van der Waals surface area contributed by atoms with E-state index in [0.717, 1.165) is 39.0 Å². The highest BCUT2D eigenvalue weighted by atomic mass is 16.2. The molecule has 5 nitrogen and oxygen atoms in total. The van der Waals surface area contributed by atoms with Gasteiger partial charge in [0.05, 0.1) is 23.5 Å². The van der Waals surface area contributed by atoms with Crippen LogP contribution < -0.4 is 5.32 Å². The molecular formula is C21H28N4O. The first-order chi connectivity index (χ1) is 12.7. The number of para-hydroxylation sites is 2. The van der Waals surface area contributed by atoms with Gasteiger partial charge in [-0.1, -0.05) is 12.1 Å². The van der Waals surface area contributed by atoms with Crippen molar-refractivity contribution in [1.29, 1.82) is 0 Å². The summed E-state index contributed by atoms with van der Waals surface area (Å²) in [4.78, 5) is 16.7. The van der Waals surface area contributed by atoms with E-state index in [1.165, 1.54) is 17.1 Å². The number of anilines is 1. The summed E-state index contributed by atoms with van der Waals surface area (Å²) in [6.45, 7) is 8.09. The second-order valence-corrected chi connectivity index (χ2v) is 7.33. The third-order valence-corrected chi connectivity index (χ3v) is 5.96. The molecule has 26 heavy (non-hydrogen) atoms. The van der Waals surface area contributed by atoms with Gasteiger partial charge in [0.2, 0.25) is 5.91 Å². The van der Waals surface area contributed by atoms with E-state index in [4.69, 9.17) is 0 Å². The molecule has 1 aromatic heterocycles. The van der Waals surface area contributed by atoms with Gasteiger partial charge in [-0.25, -0.2) is 0 Å². The maximum Gasteiger partial charge on any atom is 0.236 e. The van der Waals surface area contributed by atoms with Crippen molar-refractivity contribution in [1.82, 2.24) is 14.4 Å². The van der Waals surface area contributed by atoms with Crippen molar-refractivity contribution < 1.29 is 4.79 Å². The number of carbonyl (C=O) groups is 1. The lowest BCUT2D eigenvalue weighted by Gasteiger charge is -2.46.